The number of rotatable bonds is 14. The van der Waals surface area contributed by atoms with E-state index in [0.717, 1.165) is 48.0 Å². The Kier molecular flexibility index (Phi) is 11.5. The van der Waals surface area contributed by atoms with E-state index in [1.807, 2.05) is 24.3 Å². The van der Waals surface area contributed by atoms with Gasteiger partial charge in [-0.2, -0.15) is 0 Å². The molecule has 1 aromatic carbocycles. The number of carbonyl (C=O) groups excluding carboxylic acids is 1. The van der Waals surface area contributed by atoms with Gasteiger partial charge in [-0.3, -0.25) is 0 Å². The monoisotopic (exact) mass is 464 g/mol. The summed E-state index contributed by atoms with van der Waals surface area (Å²) in [5.74, 6) is 1.62. The van der Waals surface area contributed by atoms with E-state index >= 15 is 0 Å². The molecule has 0 aromatic heterocycles. The number of halogens is 1. The van der Waals surface area contributed by atoms with Crippen molar-refractivity contribution in [1.29, 1.82) is 0 Å². The zero-order chi connectivity index (χ0) is 23.4. The molecule has 1 aliphatic carbocycles. The Hall–Kier alpha value is -1.66. The summed E-state index contributed by atoms with van der Waals surface area (Å²) in [4.78, 5) is 11.2. The number of allylic oxidation sites excluding steroid dienone is 1. The van der Waals surface area contributed by atoms with Crippen LogP contribution in [0.3, 0.4) is 0 Å². The van der Waals surface area contributed by atoms with E-state index in [1.54, 1.807) is 14.2 Å². The van der Waals surface area contributed by atoms with Crippen LogP contribution in [0, 0.1) is 11.8 Å². The smallest absolute Gasteiger partial charge is 0.147 e. The van der Waals surface area contributed by atoms with Gasteiger partial charge in [0, 0.05) is 25.3 Å². The van der Waals surface area contributed by atoms with Crippen LogP contribution in [0.15, 0.2) is 48.1 Å². The molecule has 6 heteroatoms. The minimum absolute atomic E-state index is 0.133. The maximum Gasteiger partial charge on any atom is 0.147 e. The number of carbonyl (C=O) groups is 1. The summed E-state index contributed by atoms with van der Waals surface area (Å²) in [7, 11) is 3.27. The van der Waals surface area contributed by atoms with E-state index in [2.05, 4.69) is 19.6 Å². The van der Waals surface area contributed by atoms with E-state index in [1.165, 1.54) is 0 Å². The fraction of sp³-hybridized carbons (Fsp3) is 0.577. The molecular formula is C26H37ClO5. The molecule has 0 bridgehead atoms. The summed E-state index contributed by atoms with van der Waals surface area (Å²) in [6.07, 6.45) is 6.92. The number of alkyl halides is 1. The zero-order valence-corrected chi connectivity index (χ0v) is 20.4. The molecule has 0 unspecified atom stereocenters. The second kappa shape index (κ2) is 13.8. The van der Waals surface area contributed by atoms with Gasteiger partial charge in [0.15, 0.2) is 0 Å². The Balaban J connectivity index is 2.16. The Morgan fingerprint density at radius 3 is 2.59 bits per heavy atom. The average Bonchev–Trinajstić information content (AvgIpc) is 2.82. The first kappa shape index (κ1) is 26.6. The summed E-state index contributed by atoms with van der Waals surface area (Å²) < 4.78 is 22.7. The highest BCUT2D eigenvalue weighted by Gasteiger charge is 2.47. The molecule has 0 radical (unpaired) electrons. The highest BCUT2D eigenvalue weighted by molar-refractivity contribution is 6.19. The third kappa shape index (κ3) is 6.92. The van der Waals surface area contributed by atoms with Crippen molar-refractivity contribution >= 4 is 17.9 Å². The van der Waals surface area contributed by atoms with Gasteiger partial charge in [0.1, 0.15) is 18.8 Å². The molecule has 32 heavy (non-hydrogen) atoms. The third-order valence-corrected chi connectivity index (χ3v) is 6.68. The van der Waals surface area contributed by atoms with Gasteiger partial charge in [-0.15, -0.1) is 11.6 Å². The van der Waals surface area contributed by atoms with Gasteiger partial charge >= 0.3 is 0 Å². The van der Waals surface area contributed by atoms with Gasteiger partial charge in [-0.25, -0.2) is 0 Å². The number of aldehydes is 1. The number of hydrogen-bond donors (Lipinski definition) is 0. The lowest BCUT2D eigenvalue weighted by Gasteiger charge is -2.48. The molecule has 1 fully saturated rings. The van der Waals surface area contributed by atoms with Crippen molar-refractivity contribution < 1.29 is 23.7 Å². The van der Waals surface area contributed by atoms with Crippen molar-refractivity contribution in [2.24, 2.45) is 11.8 Å². The van der Waals surface area contributed by atoms with Crippen molar-refractivity contribution in [2.45, 2.75) is 51.2 Å². The molecule has 0 N–H and O–H groups in total. The zero-order valence-electron chi connectivity index (χ0n) is 19.6. The average molecular weight is 465 g/mol. The van der Waals surface area contributed by atoms with Crippen LogP contribution < -0.4 is 4.74 Å². The number of methoxy groups -OCH3 is 2. The van der Waals surface area contributed by atoms with Crippen LogP contribution in [-0.2, 0) is 25.6 Å². The molecule has 1 aromatic rings. The molecular weight excluding hydrogens is 428 g/mol. The van der Waals surface area contributed by atoms with Crippen molar-refractivity contribution in [1.82, 2.24) is 0 Å². The maximum absolute atomic E-state index is 11.2. The van der Waals surface area contributed by atoms with Gasteiger partial charge in [-0.1, -0.05) is 37.3 Å². The predicted octanol–water partition coefficient (Wildman–Crippen LogP) is 5.71. The van der Waals surface area contributed by atoms with Gasteiger partial charge < -0.3 is 23.7 Å². The minimum atomic E-state index is -0.565. The lowest BCUT2D eigenvalue weighted by Crippen LogP contribution is -2.48. The van der Waals surface area contributed by atoms with Gasteiger partial charge in [0.05, 0.1) is 25.9 Å². The van der Waals surface area contributed by atoms with E-state index in [4.69, 9.17) is 30.5 Å². The van der Waals surface area contributed by atoms with E-state index in [9.17, 15) is 4.79 Å². The lowest BCUT2D eigenvalue weighted by molar-refractivity contribution is -0.150. The van der Waals surface area contributed by atoms with Crippen molar-refractivity contribution in [2.75, 3.05) is 33.5 Å². The first-order valence-corrected chi connectivity index (χ1v) is 11.8. The molecule has 0 heterocycles. The number of benzene rings is 1. The molecule has 1 saturated carbocycles. The van der Waals surface area contributed by atoms with Crippen molar-refractivity contribution in [3.63, 3.8) is 0 Å². The summed E-state index contributed by atoms with van der Waals surface area (Å²) >= 11 is 6.18. The van der Waals surface area contributed by atoms with Crippen LogP contribution in [-0.4, -0.2) is 45.4 Å². The van der Waals surface area contributed by atoms with Crippen LogP contribution in [0.4, 0.5) is 0 Å². The summed E-state index contributed by atoms with van der Waals surface area (Å²) in [5.41, 5.74) is 2.68. The Morgan fingerprint density at radius 1 is 1.22 bits per heavy atom. The van der Waals surface area contributed by atoms with Crippen LogP contribution >= 0.6 is 11.6 Å². The fourth-order valence-electron chi connectivity index (χ4n) is 4.55. The predicted molar refractivity (Wildman–Crippen MR) is 128 cm³/mol. The molecule has 3 atom stereocenters. The lowest BCUT2D eigenvalue weighted by atomic mass is 9.64. The Morgan fingerprint density at radius 2 is 1.97 bits per heavy atom. The Bertz CT molecular complexity index is 745. The highest BCUT2D eigenvalue weighted by Crippen LogP contribution is 2.49. The second-order valence-corrected chi connectivity index (χ2v) is 8.58. The van der Waals surface area contributed by atoms with Gasteiger partial charge in [0.25, 0.3) is 0 Å². The summed E-state index contributed by atoms with van der Waals surface area (Å²) in [5, 5.41) is 0. The fourth-order valence-corrected chi connectivity index (χ4v) is 4.74. The minimum Gasteiger partial charge on any atom is -0.497 e. The molecule has 0 saturated heterocycles. The van der Waals surface area contributed by atoms with Gasteiger partial charge in [-0.05, 0) is 54.9 Å². The van der Waals surface area contributed by atoms with Crippen LogP contribution in [0.5, 0.6) is 5.75 Å². The van der Waals surface area contributed by atoms with E-state index in [-0.39, 0.29) is 18.6 Å². The van der Waals surface area contributed by atoms with Gasteiger partial charge in [0.2, 0.25) is 0 Å². The SMILES string of the molecule is C=C(CCl)[C@@H]1CC[C@@H](C)[C@@](CCC=O)(OCOC)/C1=C\CCOCc1ccc(OC)cc1. The summed E-state index contributed by atoms with van der Waals surface area (Å²) in [6, 6.07) is 7.87. The summed E-state index contributed by atoms with van der Waals surface area (Å²) in [6.45, 7) is 7.71. The van der Waals surface area contributed by atoms with Crippen LogP contribution in [0.1, 0.15) is 44.6 Å². The quantitative estimate of drug-likeness (QED) is 0.116. The first-order valence-electron chi connectivity index (χ1n) is 11.2. The molecule has 178 valence electrons. The molecule has 2 rings (SSSR count). The topological polar surface area (TPSA) is 54.0 Å². The highest BCUT2D eigenvalue weighted by atomic mass is 35.5. The molecule has 0 amide bonds. The molecule has 0 aliphatic heterocycles. The molecule has 5 nitrogen and oxygen atoms in total. The Labute approximate surface area is 197 Å². The third-order valence-electron chi connectivity index (χ3n) is 6.34. The standard InChI is InChI=1S/C26H37ClO5/c1-20(17-27)24-13-8-21(2)26(14-6-15-28,32-19-29-3)25(24)7-5-16-31-18-22-9-11-23(30-4)12-10-22/h7,9-12,15,21,24H,1,5-6,8,13-14,16-19H2,2-4H3/b25-7-/t21-,24+,26-/m1/s1. The van der Waals surface area contributed by atoms with Crippen molar-refractivity contribution in [3.05, 3.63) is 53.6 Å². The van der Waals surface area contributed by atoms with Crippen molar-refractivity contribution in [3.8, 4) is 5.75 Å². The van der Waals surface area contributed by atoms with E-state index < -0.39 is 5.60 Å². The largest absolute Gasteiger partial charge is 0.497 e. The number of ether oxygens (including phenoxy) is 4. The maximum atomic E-state index is 11.2. The van der Waals surface area contributed by atoms with Crippen LogP contribution in [0.25, 0.3) is 0 Å². The van der Waals surface area contributed by atoms with E-state index in [0.29, 0.717) is 31.9 Å². The number of hydrogen-bond acceptors (Lipinski definition) is 5. The first-order chi connectivity index (χ1) is 15.5. The second-order valence-electron chi connectivity index (χ2n) is 8.32. The normalized spacial score (nSPS) is 24.4. The molecule has 1 aliphatic rings. The van der Waals surface area contributed by atoms with Crippen LogP contribution in [0.2, 0.25) is 0 Å². The molecule has 0 spiro atoms.